The summed E-state index contributed by atoms with van der Waals surface area (Å²) < 4.78 is 10.6. The van der Waals surface area contributed by atoms with Crippen LogP contribution < -0.4 is 10.1 Å². The minimum absolute atomic E-state index is 0.145. The van der Waals surface area contributed by atoms with Gasteiger partial charge in [-0.2, -0.15) is 0 Å². The van der Waals surface area contributed by atoms with Crippen LogP contribution in [0.4, 0.5) is 5.69 Å². The summed E-state index contributed by atoms with van der Waals surface area (Å²) in [5.41, 5.74) is 5.32. The number of nitrogens with one attached hydrogen (secondary N) is 1. The van der Waals surface area contributed by atoms with Gasteiger partial charge in [-0.15, -0.1) is 0 Å². The normalized spacial score (nSPS) is 10.8. The molecule has 5 nitrogen and oxygen atoms in total. The first-order valence-corrected chi connectivity index (χ1v) is 7.78. The molecule has 0 saturated carbocycles. The van der Waals surface area contributed by atoms with Crippen LogP contribution in [0.5, 0.6) is 5.75 Å². The number of aryl methyl sites for hydroxylation is 3. The molecule has 0 bridgehead atoms. The second-order valence-corrected chi connectivity index (χ2v) is 5.99. The Labute approximate surface area is 140 Å². The zero-order valence-electron chi connectivity index (χ0n) is 14.3. The molecule has 0 saturated heterocycles. The first-order valence-electron chi connectivity index (χ1n) is 7.78. The van der Waals surface area contributed by atoms with Gasteiger partial charge in [0.2, 0.25) is 5.91 Å². The van der Waals surface area contributed by atoms with Crippen LogP contribution in [0, 0.1) is 20.8 Å². The number of carbonyl (C=O) groups excluding carboxylic acids is 1. The number of hydrogen-bond acceptors (Lipinski definition) is 4. The molecular weight excluding hydrogens is 304 g/mol. The summed E-state index contributed by atoms with van der Waals surface area (Å²) in [5.74, 6) is 0.470. The Balaban J connectivity index is 1.83. The van der Waals surface area contributed by atoms with Gasteiger partial charge in [-0.1, -0.05) is 11.2 Å². The van der Waals surface area contributed by atoms with E-state index in [4.69, 9.17) is 9.26 Å². The second kappa shape index (κ2) is 6.35. The van der Waals surface area contributed by atoms with Gasteiger partial charge in [0.05, 0.1) is 19.2 Å². The summed E-state index contributed by atoms with van der Waals surface area (Å²) in [6.45, 7) is 6.02. The van der Waals surface area contributed by atoms with Crippen LogP contribution in [0.1, 0.15) is 22.4 Å². The summed E-state index contributed by atoms with van der Waals surface area (Å²) in [6, 6.07) is 9.61. The lowest BCUT2D eigenvalue weighted by atomic mass is 10.1. The Morgan fingerprint density at radius 3 is 2.67 bits per heavy atom. The van der Waals surface area contributed by atoms with Crippen molar-refractivity contribution in [2.75, 3.05) is 12.4 Å². The van der Waals surface area contributed by atoms with E-state index < -0.39 is 0 Å². The van der Waals surface area contributed by atoms with Gasteiger partial charge in [0.15, 0.2) is 5.58 Å². The number of ether oxygens (including phenoxy) is 1. The van der Waals surface area contributed by atoms with Gasteiger partial charge in [-0.3, -0.25) is 4.79 Å². The average Bonchev–Trinajstić information content (AvgIpc) is 2.90. The van der Waals surface area contributed by atoms with Crippen molar-refractivity contribution in [1.82, 2.24) is 5.16 Å². The molecule has 0 aliphatic rings. The van der Waals surface area contributed by atoms with Crippen molar-refractivity contribution < 1.29 is 14.1 Å². The summed E-state index contributed by atoms with van der Waals surface area (Å²) >= 11 is 0. The van der Waals surface area contributed by atoms with Crippen LogP contribution in [-0.4, -0.2) is 18.2 Å². The number of fused-ring (bicyclic) bond motifs is 1. The van der Waals surface area contributed by atoms with E-state index in [1.54, 1.807) is 7.11 Å². The topological polar surface area (TPSA) is 64.4 Å². The van der Waals surface area contributed by atoms with Crippen LogP contribution >= 0.6 is 0 Å². The zero-order valence-corrected chi connectivity index (χ0v) is 14.3. The molecule has 0 unspecified atom stereocenters. The smallest absolute Gasteiger partial charge is 0.230 e. The summed E-state index contributed by atoms with van der Waals surface area (Å²) in [6.07, 6.45) is 0.145. The third-order valence-electron chi connectivity index (χ3n) is 4.12. The van der Waals surface area contributed by atoms with Crippen LogP contribution in [-0.2, 0) is 11.2 Å². The molecule has 3 rings (SSSR count). The first-order chi connectivity index (χ1) is 11.5. The van der Waals surface area contributed by atoms with Gasteiger partial charge >= 0.3 is 0 Å². The van der Waals surface area contributed by atoms with Gasteiger partial charge in [0.25, 0.3) is 0 Å². The third-order valence-corrected chi connectivity index (χ3v) is 4.12. The highest BCUT2D eigenvalue weighted by atomic mass is 16.5. The number of nitrogens with zero attached hydrogens (tertiary/aromatic N) is 1. The number of methoxy groups -OCH3 is 1. The van der Waals surface area contributed by atoms with E-state index >= 15 is 0 Å². The van der Waals surface area contributed by atoms with E-state index in [9.17, 15) is 4.79 Å². The molecule has 3 aromatic rings. The van der Waals surface area contributed by atoms with Crippen molar-refractivity contribution in [2.45, 2.75) is 27.2 Å². The summed E-state index contributed by atoms with van der Waals surface area (Å²) in [5, 5.41) is 7.82. The monoisotopic (exact) mass is 324 g/mol. The standard InChI is InChI=1S/C19H20N2O3/c1-11-5-6-17(23-4)16(7-11)20-19(22)10-15-14-8-12(2)13(3)9-18(14)24-21-15/h5-9H,10H2,1-4H3,(H,20,22). The number of anilines is 1. The van der Waals surface area contributed by atoms with Crippen molar-refractivity contribution in [3.05, 3.63) is 52.7 Å². The number of hydrogen-bond donors (Lipinski definition) is 1. The van der Waals surface area contributed by atoms with Gasteiger partial charge < -0.3 is 14.6 Å². The predicted molar refractivity (Wildman–Crippen MR) is 93.5 cm³/mol. The largest absolute Gasteiger partial charge is 0.495 e. The van der Waals surface area contributed by atoms with Crippen LogP contribution in [0.15, 0.2) is 34.9 Å². The molecule has 0 aliphatic heterocycles. The number of carbonyl (C=O) groups is 1. The minimum atomic E-state index is -0.160. The maximum absolute atomic E-state index is 12.4. The molecule has 1 aromatic heterocycles. The quantitative estimate of drug-likeness (QED) is 0.789. The Morgan fingerprint density at radius 1 is 1.17 bits per heavy atom. The molecule has 0 spiro atoms. The Morgan fingerprint density at radius 2 is 1.92 bits per heavy atom. The summed E-state index contributed by atoms with van der Waals surface area (Å²) in [7, 11) is 1.58. The minimum Gasteiger partial charge on any atom is -0.495 e. The highest BCUT2D eigenvalue weighted by Gasteiger charge is 2.15. The molecule has 1 heterocycles. The molecule has 0 fully saturated rings. The average molecular weight is 324 g/mol. The SMILES string of the molecule is COc1ccc(C)cc1NC(=O)Cc1noc2cc(C)c(C)cc12. The highest BCUT2D eigenvalue weighted by molar-refractivity contribution is 5.96. The molecular formula is C19H20N2O3. The maximum atomic E-state index is 12.4. The van der Waals surface area contributed by atoms with E-state index in [1.807, 2.05) is 51.1 Å². The van der Waals surface area contributed by atoms with E-state index in [1.165, 1.54) is 0 Å². The van der Waals surface area contributed by atoms with Crippen molar-refractivity contribution in [3.63, 3.8) is 0 Å². The van der Waals surface area contributed by atoms with Gasteiger partial charge in [0, 0.05) is 5.39 Å². The molecule has 2 aromatic carbocycles. The highest BCUT2D eigenvalue weighted by Crippen LogP contribution is 2.26. The van der Waals surface area contributed by atoms with E-state index in [0.717, 1.165) is 22.1 Å². The molecule has 1 amide bonds. The lowest BCUT2D eigenvalue weighted by molar-refractivity contribution is -0.115. The fourth-order valence-corrected chi connectivity index (χ4v) is 2.64. The molecule has 1 N–H and O–H groups in total. The number of benzene rings is 2. The molecule has 0 radical (unpaired) electrons. The zero-order chi connectivity index (χ0) is 17.3. The maximum Gasteiger partial charge on any atom is 0.230 e. The van der Waals surface area contributed by atoms with Crippen LogP contribution in [0.3, 0.4) is 0 Å². The lowest BCUT2D eigenvalue weighted by Crippen LogP contribution is -2.15. The van der Waals surface area contributed by atoms with Gasteiger partial charge in [-0.05, 0) is 61.7 Å². The van der Waals surface area contributed by atoms with Crippen LogP contribution in [0.2, 0.25) is 0 Å². The fourth-order valence-electron chi connectivity index (χ4n) is 2.64. The Kier molecular flexibility index (Phi) is 4.25. The summed E-state index contributed by atoms with van der Waals surface area (Å²) in [4.78, 5) is 12.4. The first kappa shape index (κ1) is 16.1. The van der Waals surface area contributed by atoms with E-state index in [0.29, 0.717) is 22.7 Å². The van der Waals surface area contributed by atoms with Crippen LogP contribution in [0.25, 0.3) is 11.0 Å². The van der Waals surface area contributed by atoms with E-state index in [2.05, 4.69) is 10.5 Å². The van der Waals surface area contributed by atoms with Gasteiger partial charge in [-0.25, -0.2) is 0 Å². The Hall–Kier alpha value is -2.82. The molecule has 124 valence electrons. The third kappa shape index (κ3) is 3.11. The van der Waals surface area contributed by atoms with Crippen molar-refractivity contribution >= 4 is 22.6 Å². The van der Waals surface area contributed by atoms with E-state index in [-0.39, 0.29) is 12.3 Å². The lowest BCUT2D eigenvalue weighted by Gasteiger charge is -2.10. The van der Waals surface area contributed by atoms with Crippen molar-refractivity contribution in [1.29, 1.82) is 0 Å². The number of aromatic nitrogens is 1. The van der Waals surface area contributed by atoms with Crippen molar-refractivity contribution in [2.24, 2.45) is 0 Å². The Bertz CT molecular complexity index is 912. The molecule has 0 aliphatic carbocycles. The predicted octanol–water partition coefficient (Wildman–Crippen LogP) is 3.94. The molecule has 0 atom stereocenters. The molecule has 5 heteroatoms. The van der Waals surface area contributed by atoms with Crippen molar-refractivity contribution in [3.8, 4) is 5.75 Å². The molecule has 24 heavy (non-hydrogen) atoms. The second-order valence-electron chi connectivity index (χ2n) is 5.99. The number of rotatable bonds is 4. The van der Waals surface area contributed by atoms with Gasteiger partial charge in [0.1, 0.15) is 11.4 Å². The fraction of sp³-hybridized carbons (Fsp3) is 0.263. The number of amides is 1.